The lowest BCUT2D eigenvalue weighted by Crippen LogP contribution is -2.17. The first-order valence-corrected chi connectivity index (χ1v) is 8.79. The number of hydrogen-bond donors (Lipinski definition) is 0. The number of Topliss-reactive ketones (excluding diaryl/α,β-unsaturated/α-hetero) is 1. The molecule has 0 saturated heterocycles. The lowest BCUT2D eigenvalue weighted by atomic mass is 9.87. The normalized spacial score (nSPS) is 13.2. The van der Waals surface area contributed by atoms with Crippen LogP contribution >= 0.6 is 0 Å². The van der Waals surface area contributed by atoms with E-state index in [9.17, 15) is 4.79 Å². The molecule has 0 bridgehead atoms. The Bertz CT molecular complexity index is 955. The molecule has 4 heterocycles. The van der Waals surface area contributed by atoms with E-state index in [1.54, 1.807) is 46.8 Å². The minimum Gasteiger partial charge on any atom is -0.298 e. The molecule has 140 valence electrons. The van der Waals surface area contributed by atoms with E-state index >= 15 is 0 Å². The second kappa shape index (κ2) is 7.47. The zero-order valence-corrected chi connectivity index (χ0v) is 15.4. The van der Waals surface area contributed by atoms with Crippen LogP contribution in [0.1, 0.15) is 36.8 Å². The number of carbonyl (C=O) groups excluding carboxylic acids is 1. The summed E-state index contributed by atoms with van der Waals surface area (Å²) >= 11 is 0. The second-order valence-electron chi connectivity index (χ2n) is 6.48. The molecule has 0 aliphatic rings. The fraction of sp³-hybridized carbons (Fsp3) is 0.211. The maximum Gasteiger partial charge on any atom is 0.147 e. The highest BCUT2D eigenvalue weighted by atomic mass is 16.1. The monoisotopic (exact) mass is 374 g/mol. The highest BCUT2D eigenvalue weighted by Gasteiger charge is 2.23. The smallest absolute Gasteiger partial charge is 0.147 e. The van der Waals surface area contributed by atoms with Crippen LogP contribution in [0.4, 0.5) is 0 Å². The molecule has 0 aliphatic carbocycles. The van der Waals surface area contributed by atoms with E-state index in [2.05, 4.69) is 30.4 Å². The molecular formula is C19H18N8O. The molecule has 0 aliphatic heterocycles. The Morgan fingerprint density at radius 2 is 1.11 bits per heavy atom. The van der Waals surface area contributed by atoms with Crippen molar-refractivity contribution in [3.05, 3.63) is 73.1 Å². The van der Waals surface area contributed by atoms with Crippen molar-refractivity contribution < 1.29 is 4.79 Å². The average Bonchev–Trinajstić information content (AvgIpc) is 3.47. The van der Waals surface area contributed by atoms with Gasteiger partial charge in [0, 0.05) is 24.2 Å². The van der Waals surface area contributed by atoms with Crippen LogP contribution in [0.3, 0.4) is 0 Å². The topological polar surface area (TPSA) is 104 Å². The van der Waals surface area contributed by atoms with E-state index in [4.69, 9.17) is 0 Å². The summed E-state index contributed by atoms with van der Waals surface area (Å²) in [7, 11) is 0. The lowest BCUT2D eigenvalue weighted by molar-refractivity contribution is -0.121. The molecule has 4 aromatic rings. The Labute approximate surface area is 161 Å². The van der Waals surface area contributed by atoms with E-state index in [0.29, 0.717) is 11.6 Å². The van der Waals surface area contributed by atoms with Crippen molar-refractivity contribution in [2.45, 2.75) is 25.7 Å². The number of aromatic nitrogens is 8. The van der Waals surface area contributed by atoms with Crippen LogP contribution in [0, 0.1) is 0 Å². The fourth-order valence-corrected chi connectivity index (χ4v) is 2.95. The van der Waals surface area contributed by atoms with E-state index < -0.39 is 0 Å². The van der Waals surface area contributed by atoms with Crippen molar-refractivity contribution in [2.75, 3.05) is 0 Å². The van der Waals surface area contributed by atoms with Gasteiger partial charge in [-0.25, -0.2) is 9.97 Å². The summed E-state index contributed by atoms with van der Waals surface area (Å²) in [5.41, 5.74) is 1.73. The maximum absolute atomic E-state index is 13.0. The van der Waals surface area contributed by atoms with Crippen molar-refractivity contribution in [1.29, 1.82) is 0 Å². The van der Waals surface area contributed by atoms with Gasteiger partial charge in [-0.05, 0) is 23.3 Å². The molecule has 0 amide bonds. The number of rotatable bonds is 6. The van der Waals surface area contributed by atoms with Gasteiger partial charge in [-0.15, -0.1) is 20.4 Å². The maximum atomic E-state index is 13.0. The highest BCUT2D eigenvalue weighted by molar-refractivity contribution is 5.91. The first-order valence-electron chi connectivity index (χ1n) is 8.79. The zero-order chi connectivity index (χ0) is 19.5. The summed E-state index contributed by atoms with van der Waals surface area (Å²) in [6.45, 7) is 3.79. The van der Waals surface area contributed by atoms with Crippen LogP contribution < -0.4 is 0 Å². The quantitative estimate of drug-likeness (QED) is 0.509. The van der Waals surface area contributed by atoms with Gasteiger partial charge in [-0.1, -0.05) is 26.0 Å². The van der Waals surface area contributed by atoms with Crippen LogP contribution in [-0.2, 0) is 4.79 Å². The molecule has 2 unspecified atom stereocenters. The molecule has 0 N–H and O–H groups in total. The first kappa shape index (κ1) is 17.7. The summed E-state index contributed by atoms with van der Waals surface area (Å²) < 4.78 is 3.42. The molecule has 4 rings (SSSR count). The van der Waals surface area contributed by atoms with Gasteiger partial charge in [-0.3, -0.25) is 13.9 Å². The summed E-state index contributed by atoms with van der Waals surface area (Å²) in [5.74, 6) is 0.952. The van der Waals surface area contributed by atoms with Crippen molar-refractivity contribution >= 4 is 5.78 Å². The number of hydrogen-bond acceptors (Lipinski definition) is 7. The Hall–Kier alpha value is -3.75. The molecule has 2 atom stereocenters. The first-order chi connectivity index (χ1) is 13.6. The molecule has 28 heavy (non-hydrogen) atoms. The van der Waals surface area contributed by atoms with Crippen LogP contribution in [0.5, 0.6) is 0 Å². The van der Waals surface area contributed by atoms with Gasteiger partial charge in [0.2, 0.25) is 0 Å². The number of ketones is 1. The van der Waals surface area contributed by atoms with Crippen LogP contribution in [0.15, 0.2) is 62.0 Å². The van der Waals surface area contributed by atoms with Gasteiger partial charge < -0.3 is 0 Å². The Kier molecular flexibility index (Phi) is 4.71. The Morgan fingerprint density at radius 3 is 1.43 bits per heavy atom. The van der Waals surface area contributed by atoms with Crippen LogP contribution in [0.25, 0.3) is 11.6 Å². The minimum atomic E-state index is -0.282. The molecule has 9 nitrogen and oxygen atoms in total. The molecule has 0 aromatic carbocycles. The zero-order valence-electron chi connectivity index (χ0n) is 15.4. The third-order valence-electron chi connectivity index (χ3n) is 4.76. The average molecular weight is 374 g/mol. The van der Waals surface area contributed by atoms with E-state index in [1.807, 2.05) is 38.1 Å². The van der Waals surface area contributed by atoms with E-state index in [-0.39, 0.29) is 17.6 Å². The highest BCUT2D eigenvalue weighted by Crippen LogP contribution is 2.26. The number of carbonyl (C=O) groups is 1. The molecule has 0 saturated carbocycles. The number of nitrogens with zero attached hydrogens (tertiary/aromatic N) is 8. The third-order valence-corrected chi connectivity index (χ3v) is 4.76. The standard InChI is InChI=1S/C19H18N8O/c1-13(15-3-5-17(20-7-15)26-9-22-23-10-26)19(28)14(2)16-4-6-18(21-8-16)27-11-24-25-12-27/h3-14H,1-2H3. The SMILES string of the molecule is CC(C(=O)C(C)c1ccc(-n2cnnc2)nc1)c1ccc(-n2cnnc2)nc1. The molecular weight excluding hydrogens is 356 g/mol. The van der Waals surface area contributed by atoms with Gasteiger partial charge in [-0.2, -0.15) is 0 Å². The summed E-state index contributed by atoms with van der Waals surface area (Å²) in [4.78, 5) is 21.8. The molecule has 0 radical (unpaired) electrons. The van der Waals surface area contributed by atoms with Gasteiger partial charge in [0.1, 0.15) is 42.7 Å². The van der Waals surface area contributed by atoms with Gasteiger partial charge in [0.05, 0.1) is 0 Å². The minimum absolute atomic E-state index is 0.109. The fourth-order valence-electron chi connectivity index (χ4n) is 2.95. The van der Waals surface area contributed by atoms with Crippen molar-refractivity contribution in [3.8, 4) is 11.6 Å². The molecule has 9 heteroatoms. The van der Waals surface area contributed by atoms with E-state index in [1.165, 1.54) is 0 Å². The summed E-state index contributed by atoms with van der Waals surface area (Å²) in [6.07, 6.45) is 9.75. The van der Waals surface area contributed by atoms with Gasteiger partial charge in [0.15, 0.2) is 0 Å². The predicted molar refractivity (Wildman–Crippen MR) is 100 cm³/mol. The predicted octanol–water partition coefficient (Wildman–Crippen LogP) is 2.11. The van der Waals surface area contributed by atoms with Gasteiger partial charge in [0.25, 0.3) is 0 Å². The molecule has 0 spiro atoms. The summed E-state index contributed by atoms with van der Waals surface area (Å²) in [6, 6.07) is 7.52. The number of pyridine rings is 2. The van der Waals surface area contributed by atoms with Crippen molar-refractivity contribution in [1.82, 2.24) is 39.5 Å². The largest absolute Gasteiger partial charge is 0.298 e. The van der Waals surface area contributed by atoms with Crippen LogP contribution in [-0.4, -0.2) is 45.3 Å². The van der Waals surface area contributed by atoms with Crippen LogP contribution in [0.2, 0.25) is 0 Å². The summed E-state index contributed by atoms with van der Waals surface area (Å²) in [5, 5.41) is 15.1. The van der Waals surface area contributed by atoms with E-state index in [0.717, 1.165) is 11.1 Å². The molecule has 0 fully saturated rings. The molecule has 4 aromatic heterocycles. The van der Waals surface area contributed by atoms with Crippen molar-refractivity contribution in [2.24, 2.45) is 0 Å². The second-order valence-corrected chi connectivity index (χ2v) is 6.48. The van der Waals surface area contributed by atoms with Gasteiger partial charge >= 0.3 is 0 Å². The lowest BCUT2D eigenvalue weighted by Gasteiger charge is -2.17. The Balaban J connectivity index is 1.48. The Morgan fingerprint density at radius 1 is 0.714 bits per heavy atom. The van der Waals surface area contributed by atoms with Crippen molar-refractivity contribution in [3.63, 3.8) is 0 Å². The third kappa shape index (κ3) is 3.41.